The van der Waals surface area contributed by atoms with E-state index in [9.17, 15) is 13.2 Å². The van der Waals surface area contributed by atoms with Crippen molar-refractivity contribution < 1.29 is 23.0 Å². The zero-order valence-corrected chi connectivity index (χ0v) is 7.13. The van der Waals surface area contributed by atoms with Gasteiger partial charge in [-0.25, -0.2) is 13.2 Å². The van der Waals surface area contributed by atoms with E-state index in [2.05, 4.69) is 4.74 Å². The van der Waals surface area contributed by atoms with Gasteiger partial charge in [0.05, 0.1) is 12.2 Å². The Morgan fingerprint density at radius 3 is 2.08 bits per heavy atom. The summed E-state index contributed by atoms with van der Waals surface area (Å²) in [5, 5.41) is 9.07. The lowest BCUT2D eigenvalue weighted by Crippen LogP contribution is -2.29. The summed E-state index contributed by atoms with van der Waals surface area (Å²) in [6.07, 6.45) is -4.51. The second-order valence-corrected chi connectivity index (χ2v) is 3.25. The molecular formula is C8H13F3O2. The van der Waals surface area contributed by atoms with Gasteiger partial charge in [0.1, 0.15) is 0 Å². The Kier molecular flexibility index (Phi) is 3.99. The summed E-state index contributed by atoms with van der Waals surface area (Å²) < 4.78 is 40.3. The lowest BCUT2D eigenvalue weighted by atomic mass is 9.95. The Morgan fingerprint density at radius 1 is 1.08 bits per heavy atom. The van der Waals surface area contributed by atoms with Crippen molar-refractivity contribution in [3.05, 3.63) is 0 Å². The molecule has 0 aromatic carbocycles. The number of hydrogen-bond donors (Lipinski definition) is 1. The van der Waals surface area contributed by atoms with E-state index in [1.165, 1.54) is 0 Å². The van der Waals surface area contributed by atoms with E-state index < -0.39 is 18.9 Å². The first-order chi connectivity index (χ1) is 6.09. The molecule has 0 aromatic heterocycles. The number of rotatable bonds is 3. The Hall–Kier alpha value is -0.290. The molecule has 1 N–H and O–H groups in total. The van der Waals surface area contributed by atoms with Crippen LogP contribution in [0.25, 0.3) is 0 Å². The monoisotopic (exact) mass is 198 g/mol. The van der Waals surface area contributed by atoms with Gasteiger partial charge in [-0.05, 0) is 25.7 Å². The van der Waals surface area contributed by atoms with Gasteiger partial charge in [-0.3, -0.25) is 0 Å². The number of alkyl halides is 3. The average Bonchev–Trinajstić information content (AvgIpc) is 2.08. The Morgan fingerprint density at radius 2 is 1.62 bits per heavy atom. The van der Waals surface area contributed by atoms with Gasteiger partial charge in [0.15, 0.2) is 0 Å². The van der Waals surface area contributed by atoms with Gasteiger partial charge in [0.25, 0.3) is 12.8 Å². The zero-order valence-electron chi connectivity index (χ0n) is 7.13. The van der Waals surface area contributed by atoms with Crippen LogP contribution in [0.5, 0.6) is 0 Å². The molecule has 5 heteroatoms. The lowest BCUT2D eigenvalue weighted by Gasteiger charge is -2.26. The molecule has 0 bridgehead atoms. The standard InChI is InChI=1S/C8H13F3O2/c9-7(10)8(11)13-6-3-1-5(12)2-4-6/h5-8,12H,1-4H2. The highest BCUT2D eigenvalue weighted by atomic mass is 19.3. The summed E-state index contributed by atoms with van der Waals surface area (Å²) >= 11 is 0. The molecule has 0 saturated heterocycles. The highest BCUT2D eigenvalue weighted by molar-refractivity contribution is 4.72. The number of hydrogen-bond acceptors (Lipinski definition) is 2. The quantitative estimate of drug-likeness (QED) is 0.750. The van der Waals surface area contributed by atoms with Gasteiger partial charge in [-0.15, -0.1) is 0 Å². The molecule has 0 aromatic rings. The Balaban J connectivity index is 2.22. The first kappa shape index (κ1) is 10.8. The normalized spacial score (nSPS) is 32.1. The molecule has 1 aliphatic carbocycles. The molecule has 1 aliphatic rings. The van der Waals surface area contributed by atoms with E-state index in [1.807, 2.05) is 0 Å². The third-order valence-electron chi connectivity index (χ3n) is 2.16. The molecular weight excluding hydrogens is 185 g/mol. The molecule has 0 radical (unpaired) electrons. The molecule has 0 aliphatic heterocycles. The fraction of sp³-hybridized carbons (Fsp3) is 1.00. The highest BCUT2D eigenvalue weighted by Crippen LogP contribution is 2.23. The molecule has 78 valence electrons. The fourth-order valence-electron chi connectivity index (χ4n) is 1.42. The minimum atomic E-state index is -3.08. The lowest BCUT2D eigenvalue weighted by molar-refractivity contribution is -0.167. The fourth-order valence-corrected chi connectivity index (χ4v) is 1.42. The minimum Gasteiger partial charge on any atom is -0.393 e. The number of aliphatic hydroxyl groups is 1. The smallest absolute Gasteiger partial charge is 0.293 e. The molecule has 1 saturated carbocycles. The third kappa shape index (κ3) is 3.52. The van der Waals surface area contributed by atoms with Crippen LogP contribution in [-0.4, -0.2) is 30.1 Å². The van der Waals surface area contributed by atoms with Gasteiger partial charge in [-0.2, -0.15) is 0 Å². The molecule has 0 heterocycles. The van der Waals surface area contributed by atoms with Crippen molar-refractivity contribution in [2.45, 2.75) is 50.7 Å². The SMILES string of the molecule is OC1CCC(OC(F)C(F)F)CC1. The second kappa shape index (κ2) is 4.81. The molecule has 0 spiro atoms. The summed E-state index contributed by atoms with van der Waals surface area (Å²) in [6, 6.07) is 0. The predicted octanol–water partition coefficient (Wildman–Crippen LogP) is 1.87. The number of halogens is 3. The van der Waals surface area contributed by atoms with E-state index in [-0.39, 0.29) is 6.10 Å². The molecule has 1 fully saturated rings. The van der Waals surface area contributed by atoms with E-state index in [4.69, 9.17) is 5.11 Å². The maximum atomic E-state index is 12.4. The van der Waals surface area contributed by atoms with Crippen LogP contribution in [0.15, 0.2) is 0 Å². The molecule has 1 atom stereocenters. The van der Waals surface area contributed by atoms with Gasteiger partial charge in [0, 0.05) is 0 Å². The van der Waals surface area contributed by atoms with Crippen molar-refractivity contribution in [1.29, 1.82) is 0 Å². The van der Waals surface area contributed by atoms with E-state index in [1.54, 1.807) is 0 Å². The summed E-state index contributed by atoms with van der Waals surface area (Å²) in [7, 11) is 0. The van der Waals surface area contributed by atoms with Crippen molar-refractivity contribution in [2.75, 3.05) is 0 Å². The third-order valence-corrected chi connectivity index (χ3v) is 2.16. The van der Waals surface area contributed by atoms with Crippen LogP contribution in [0.3, 0.4) is 0 Å². The van der Waals surface area contributed by atoms with Crippen LogP contribution >= 0.6 is 0 Å². The van der Waals surface area contributed by atoms with Crippen LogP contribution in [0.2, 0.25) is 0 Å². The summed E-state index contributed by atoms with van der Waals surface area (Å²) in [6.45, 7) is 0. The molecule has 0 amide bonds. The van der Waals surface area contributed by atoms with Crippen molar-refractivity contribution in [3.8, 4) is 0 Å². The first-order valence-corrected chi connectivity index (χ1v) is 4.35. The van der Waals surface area contributed by atoms with Crippen LogP contribution in [-0.2, 0) is 4.74 Å². The number of ether oxygens (including phenoxy) is 1. The summed E-state index contributed by atoms with van der Waals surface area (Å²) in [4.78, 5) is 0. The van der Waals surface area contributed by atoms with Crippen LogP contribution in [0.1, 0.15) is 25.7 Å². The van der Waals surface area contributed by atoms with Crippen molar-refractivity contribution in [1.82, 2.24) is 0 Å². The average molecular weight is 198 g/mol. The highest BCUT2D eigenvalue weighted by Gasteiger charge is 2.27. The first-order valence-electron chi connectivity index (χ1n) is 4.35. The van der Waals surface area contributed by atoms with Crippen molar-refractivity contribution in [3.63, 3.8) is 0 Å². The van der Waals surface area contributed by atoms with Gasteiger partial charge < -0.3 is 9.84 Å². The van der Waals surface area contributed by atoms with Crippen LogP contribution in [0.4, 0.5) is 13.2 Å². The van der Waals surface area contributed by atoms with E-state index in [0.717, 1.165) is 0 Å². The Labute approximate surface area is 74.7 Å². The number of aliphatic hydroxyl groups excluding tert-OH is 1. The molecule has 13 heavy (non-hydrogen) atoms. The van der Waals surface area contributed by atoms with Gasteiger partial charge in [-0.1, -0.05) is 0 Å². The van der Waals surface area contributed by atoms with Crippen LogP contribution < -0.4 is 0 Å². The second-order valence-electron chi connectivity index (χ2n) is 3.25. The van der Waals surface area contributed by atoms with Gasteiger partial charge in [0.2, 0.25) is 0 Å². The molecule has 2 nitrogen and oxygen atoms in total. The summed E-state index contributed by atoms with van der Waals surface area (Å²) in [5.41, 5.74) is 0. The topological polar surface area (TPSA) is 29.5 Å². The zero-order chi connectivity index (χ0) is 9.84. The van der Waals surface area contributed by atoms with Gasteiger partial charge >= 0.3 is 0 Å². The Bertz CT molecular complexity index is 146. The van der Waals surface area contributed by atoms with Crippen LogP contribution in [0, 0.1) is 0 Å². The minimum absolute atomic E-state index is 0.385. The molecule has 1 unspecified atom stereocenters. The predicted molar refractivity (Wildman–Crippen MR) is 40.2 cm³/mol. The van der Waals surface area contributed by atoms with Crippen molar-refractivity contribution in [2.24, 2.45) is 0 Å². The summed E-state index contributed by atoms with van der Waals surface area (Å²) in [5.74, 6) is 0. The largest absolute Gasteiger partial charge is 0.393 e. The maximum absolute atomic E-state index is 12.4. The van der Waals surface area contributed by atoms with E-state index in [0.29, 0.717) is 25.7 Å². The maximum Gasteiger partial charge on any atom is 0.293 e. The van der Waals surface area contributed by atoms with Crippen molar-refractivity contribution >= 4 is 0 Å². The molecule has 1 rings (SSSR count). The van der Waals surface area contributed by atoms with E-state index >= 15 is 0 Å².